The molecule has 26 heavy (non-hydrogen) atoms. The molecule has 0 saturated carbocycles. The first-order valence-electron chi connectivity index (χ1n) is 7.68. The molecule has 0 atom stereocenters. The summed E-state index contributed by atoms with van der Waals surface area (Å²) in [5, 5.41) is 3.00. The van der Waals surface area contributed by atoms with Crippen LogP contribution in [0.2, 0.25) is 5.02 Å². The zero-order valence-electron chi connectivity index (χ0n) is 14.1. The Kier molecular flexibility index (Phi) is 6.57. The smallest absolute Gasteiger partial charge is 0.338 e. The molecule has 0 aromatic heterocycles. The molecule has 0 aliphatic rings. The van der Waals surface area contributed by atoms with Crippen LogP contribution in [0, 0.1) is 0 Å². The highest BCUT2D eigenvalue weighted by Crippen LogP contribution is 2.20. The molecule has 136 valence electrons. The molecule has 0 fully saturated rings. The molecule has 0 unspecified atom stereocenters. The maximum absolute atomic E-state index is 12.0. The zero-order chi connectivity index (χ0) is 19.1. The molecule has 0 aliphatic carbocycles. The fraction of sp³-hybridized carbons (Fsp3) is 0.167. The lowest BCUT2D eigenvalue weighted by Gasteiger charge is -2.17. The SMILES string of the molecule is CN(CC(=O)Nc1ccccc1Cl)C(=O)COC(=O)c1ccc(N)cc1. The number of rotatable bonds is 6. The Morgan fingerprint density at radius 2 is 1.77 bits per heavy atom. The van der Waals surface area contributed by atoms with E-state index in [-0.39, 0.29) is 12.1 Å². The normalized spacial score (nSPS) is 10.1. The van der Waals surface area contributed by atoms with Gasteiger partial charge in [-0.05, 0) is 36.4 Å². The summed E-state index contributed by atoms with van der Waals surface area (Å²) < 4.78 is 4.95. The number of nitrogens with two attached hydrogens (primary N) is 1. The standard InChI is InChI=1S/C18H18ClN3O4/c1-22(10-16(23)21-15-5-3-2-4-14(15)19)17(24)11-26-18(25)12-6-8-13(20)9-7-12/h2-9H,10-11,20H2,1H3,(H,21,23). The van der Waals surface area contributed by atoms with Crippen LogP contribution in [0.25, 0.3) is 0 Å². The van der Waals surface area contributed by atoms with E-state index in [1.165, 1.54) is 19.2 Å². The van der Waals surface area contributed by atoms with E-state index >= 15 is 0 Å². The van der Waals surface area contributed by atoms with Crippen LogP contribution in [0.4, 0.5) is 11.4 Å². The van der Waals surface area contributed by atoms with E-state index in [0.717, 1.165) is 4.90 Å². The Morgan fingerprint density at radius 3 is 2.42 bits per heavy atom. The highest BCUT2D eigenvalue weighted by atomic mass is 35.5. The minimum Gasteiger partial charge on any atom is -0.452 e. The summed E-state index contributed by atoms with van der Waals surface area (Å²) in [6.07, 6.45) is 0. The van der Waals surface area contributed by atoms with Gasteiger partial charge in [-0.15, -0.1) is 0 Å². The highest BCUT2D eigenvalue weighted by molar-refractivity contribution is 6.33. The molecule has 0 radical (unpaired) electrons. The van der Waals surface area contributed by atoms with Crippen molar-refractivity contribution in [2.45, 2.75) is 0 Å². The Bertz CT molecular complexity index is 808. The van der Waals surface area contributed by atoms with E-state index in [2.05, 4.69) is 5.32 Å². The first kappa shape index (κ1) is 19.3. The third-order valence-electron chi connectivity index (χ3n) is 3.43. The predicted octanol–water partition coefficient (Wildman–Crippen LogP) is 2.18. The first-order valence-corrected chi connectivity index (χ1v) is 8.05. The van der Waals surface area contributed by atoms with Gasteiger partial charge in [-0.1, -0.05) is 23.7 Å². The quantitative estimate of drug-likeness (QED) is 0.595. The van der Waals surface area contributed by atoms with Gasteiger partial charge >= 0.3 is 5.97 Å². The lowest BCUT2D eigenvalue weighted by Crippen LogP contribution is -2.37. The Hall–Kier alpha value is -3.06. The minimum absolute atomic E-state index is 0.205. The number of nitrogen functional groups attached to an aromatic ring is 1. The lowest BCUT2D eigenvalue weighted by atomic mass is 10.2. The molecule has 0 heterocycles. The molecule has 7 nitrogen and oxygen atoms in total. The van der Waals surface area contributed by atoms with E-state index in [0.29, 0.717) is 16.4 Å². The Labute approximate surface area is 155 Å². The van der Waals surface area contributed by atoms with E-state index < -0.39 is 24.4 Å². The van der Waals surface area contributed by atoms with Crippen LogP contribution >= 0.6 is 11.6 Å². The topological polar surface area (TPSA) is 102 Å². The Morgan fingerprint density at radius 1 is 1.12 bits per heavy atom. The summed E-state index contributed by atoms with van der Waals surface area (Å²) in [6.45, 7) is -0.678. The van der Waals surface area contributed by atoms with Crippen molar-refractivity contribution in [1.29, 1.82) is 0 Å². The summed E-state index contributed by atoms with van der Waals surface area (Å²) in [6, 6.07) is 12.9. The molecule has 2 aromatic rings. The van der Waals surface area contributed by atoms with Gasteiger partial charge in [-0.25, -0.2) is 4.79 Å². The summed E-state index contributed by atoms with van der Waals surface area (Å²) in [5.41, 5.74) is 6.79. The van der Waals surface area contributed by atoms with Crippen LogP contribution < -0.4 is 11.1 Å². The van der Waals surface area contributed by atoms with Crippen molar-refractivity contribution < 1.29 is 19.1 Å². The molecule has 0 aliphatic heterocycles. The maximum atomic E-state index is 12.0. The van der Waals surface area contributed by atoms with Crippen molar-refractivity contribution in [2.75, 3.05) is 31.2 Å². The van der Waals surface area contributed by atoms with Crippen LogP contribution in [0.5, 0.6) is 0 Å². The second-order valence-corrected chi connectivity index (χ2v) is 5.88. The van der Waals surface area contributed by atoms with Gasteiger partial charge in [0.2, 0.25) is 5.91 Å². The molecule has 3 N–H and O–H groups in total. The van der Waals surface area contributed by atoms with Gasteiger partial charge in [0.25, 0.3) is 5.91 Å². The molecule has 2 rings (SSSR count). The average Bonchev–Trinajstić information content (AvgIpc) is 2.61. The second-order valence-electron chi connectivity index (χ2n) is 5.48. The molecule has 0 saturated heterocycles. The van der Waals surface area contributed by atoms with Gasteiger partial charge in [0.1, 0.15) is 0 Å². The Balaban J connectivity index is 1.81. The number of para-hydroxylation sites is 1. The molecule has 2 aromatic carbocycles. The fourth-order valence-electron chi connectivity index (χ4n) is 2.00. The number of hydrogen-bond acceptors (Lipinski definition) is 5. The number of amides is 2. The lowest BCUT2D eigenvalue weighted by molar-refractivity contribution is -0.136. The third-order valence-corrected chi connectivity index (χ3v) is 3.76. The zero-order valence-corrected chi connectivity index (χ0v) is 14.8. The maximum Gasteiger partial charge on any atom is 0.338 e. The summed E-state index contributed by atoms with van der Waals surface area (Å²) in [4.78, 5) is 37.0. The van der Waals surface area contributed by atoms with E-state index in [9.17, 15) is 14.4 Å². The summed E-state index contributed by atoms with van der Waals surface area (Å²) >= 11 is 5.96. The number of likely N-dealkylation sites (N-methyl/N-ethyl adjacent to an activating group) is 1. The molecule has 0 bridgehead atoms. The second kappa shape index (κ2) is 8.87. The number of anilines is 2. The molecular weight excluding hydrogens is 358 g/mol. The number of carbonyl (C=O) groups is 3. The van der Waals surface area contributed by atoms with Crippen LogP contribution in [-0.4, -0.2) is 42.9 Å². The van der Waals surface area contributed by atoms with Gasteiger partial charge in [-0.3, -0.25) is 9.59 Å². The minimum atomic E-state index is -0.646. The van der Waals surface area contributed by atoms with E-state index in [4.69, 9.17) is 22.1 Å². The number of nitrogens with one attached hydrogen (secondary N) is 1. The summed E-state index contributed by atoms with van der Waals surface area (Å²) in [5.74, 6) is -1.57. The van der Waals surface area contributed by atoms with Gasteiger partial charge < -0.3 is 20.7 Å². The fourth-order valence-corrected chi connectivity index (χ4v) is 2.18. The largest absolute Gasteiger partial charge is 0.452 e. The van der Waals surface area contributed by atoms with Crippen LogP contribution in [0.15, 0.2) is 48.5 Å². The van der Waals surface area contributed by atoms with Gasteiger partial charge in [0.05, 0.1) is 22.8 Å². The highest BCUT2D eigenvalue weighted by Gasteiger charge is 2.16. The van der Waals surface area contributed by atoms with E-state index in [1.54, 1.807) is 36.4 Å². The summed E-state index contributed by atoms with van der Waals surface area (Å²) in [7, 11) is 1.44. The molecular formula is C18H18ClN3O4. The van der Waals surface area contributed by atoms with Crippen molar-refractivity contribution in [3.8, 4) is 0 Å². The van der Waals surface area contributed by atoms with Crippen molar-refractivity contribution >= 4 is 40.8 Å². The number of hydrogen-bond donors (Lipinski definition) is 2. The number of esters is 1. The average molecular weight is 376 g/mol. The van der Waals surface area contributed by atoms with E-state index in [1.807, 2.05) is 0 Å². The van der Waals surface area contributed by atoms with Crippen molar-refractivity contribution in [3.05, 3.63) is 59.1 Å². The van der Waals surface area contributed by atoms with Crippen LogP contribution in [0.1, 0.15) is 10.4 Å². The molecule has 0 spiro atoms. The van der Waals surface area contributed by atoms with Crippen molar-refractivity contribution in [1.82, 2.24) is 4.90 Å². The van der Waals surface area contributed by atoms with Crippen molar-refractivity contribution in [2.24, 2.45) is 0 Å². The van der Waals surface area contributed by atoms with Crippen molar-refractivity contribution in [3.63, 3.8) is 0 Å². The number of nitrogens with zero attached hydrogens (tertiary/aromatic N) is 1. The number of carbonyl (C=O) groups excluding carboxylic acids is 3. The van der Waals surface area contributed by atoms with Gasteiger partial charge in [-0.2, -0.15) is 0 Å². The number of ether oxygens (including phenoxy) is 1. The number of halogens is 1. The number of benzene rings is 2. The molecule has 2 amide bonds. The first-order chi connectivity index (χ1) is 12.4. The van der Waals surface area contributed by atoms with Crippen LogP contribution in [0.3, 0.4) is 0 Å². The monoisotopic (exact) mass is 375 g/mol. The van der Waals surface area contributed by atoms with Gasteiger partial charge in [0, 0.05) is 12.7 Å². The third kappa shape index (κ3) is 5.49. The van der Waals surface area contributed by atoms with Gasteiger partial charge in [0.15, 0.2) is 6.61 Å². The predicted molar refractivity (Wildman–Crippen MR) is 98.9 cm³/mol. The molecule has 8 heteroatoms. The van der Waals surface area contributed by atoms with Crippen LogP contribution in [-0.2, 0) is 14.3 Å².